The van der Waals surface area contributed by atoms with Gasteiger partial charge in [-0.25, -0.2) is 11.1 Å². The van der Waals surface area contributed by atoms with Gasteiger partial charge in [0, 0.05) is 0 Å². The molecule has 0 radical (unpaired) electrons. The van der Waals surface area contributed by atoms with E-state index in [1.807, 2.05) is 0 Å². The largest absolute Gasteiger partial charge is 2.00 e. The molecule has 0 saturated carbocycles. The molecule has 25 heavy (non-hydrogen) atoms. The summed E-state index contributed by atoms with van der Waals surface area (Å²) in [6.07, 6.45) is 12.0. The van der Waals surface area contributed by atoms with Crippen LogP contribution in [0, 0.1) is 23.0 Å². The Hall–Kier alpha value is 0.531. The van der Waals surface area contributed by atoms with Crippen LogP contribution in [0.4, 0.5) is 0 Å². The first-order valence-electron chi connectivity index (χ1n) is 9.62. The van der Waals surface area contributed by atoms with Crippen molar-refractivity contribution < 1.29 is 0 Å². The summed E-state index contributed by atoms with van der Waals surface area (Å²) >= 11 is 0. The Morgan fingerprint density at radius 1 is 0.640 bits per heavy atom. The van der Waals surface area contributed by atoms with Gasteiger partial charge < -0.3 is 0 Å². The Bertz CT molecular complexity index is 538. The first-order chi connectivity index (χ1) is 11.0. The van der Waals surface area contributed by atoms with Crippen molar-refractivity contribution in [3.63, 3.8) is 0 Å². The van der Waals surface area contributed by atoms with Crippen molar-refractivity contribution in [1.82, 2.24) is 0 Å². The molecule has 0 aromatic rings. The average Bonchev–Trinajstić information content (AvgIpc) is 2.80. The molecule has 136 valence electrons. The molecule has 0 amide bonds. The van der Waals surface area contributed by atoms with Crippen LogP contribution in [0.15, 0.2) is 33.4 Å². The van der Waals surface area contributed by atoms with E-state index >= 15 is 0 Å². The van der Waals surface area contributed by atoms with Gasteiger partial charge >= 0.3 is 48.9 Å². The molecule has 0 atom stereocenters. The Balaban J connectivity index is 0.000000443. The van der Waals surface area contributed by atoms with Crippen LogP contribution in [0.3, 0.4) is 0 Å². The third-order valence-corrected chi connectivity index (χ3v) is 5.83. The molecule has 0 nitrogen and oxygen atoms in total. The maximum Gasteiger partial charge on any atom is 2.00 e. The van der Waals surface area contributed by atoms with Crippen LogP contribution in [0.1, 0.15) is 94.9 Å². The zero-order chi connectivity index (χ0) is 18.7. The second-order valence-corrected chi connectivity index (χ2v) is 8.46. The van der Waals surface area contributed by atoms with Crippen LogP contribution < -0.4 is 0 Å². The van der Waals surface area contributed by atoms with Gasteiger partial charge in [-0.15, -0.1) is 13.8 Å². The van der Waals surface area contributed by atoms with Crippen LogP contribution in [0.5, 0.6) is 0 Å². The number of allylic oxidation sites excluding steroid dienone is 8. The molecule has 0 aliphatic heterocycles. The average molecular weight is 464 g/mol. The molecule has 0 heterocycles. The summed E-state index contributed by atoms with van der Waals surface area (Å²) in [6, 6.07) is 0. The summed E-state index contributed by atoms with van der Waals surface area (Å²) in [4.78, 5) is 0. The van der Waals surface area contributed by atoms with Gasteiger partial charge in [-0.1, -0.05) is 91.9 Å². The second kappa shape index (κ2) is 10.2. The van der Waals surface area contributed by atoms with E-state index in [1.165, 1.54) is 59.1 Å². The molecule has 0 bridgehead atoms. The summed E-state index contributed by atoms with van der Waals surface area (Å²) in [5, 5.41) is 0. The molecule has 2 aliphatic carbocycles. The molecule has 0 saturated heterocycles. The fourth-order valence-corrected chi connectivity index (χ4v) is 3.52. The summed E-state index contributed by atoms with van der Waals surface area (Å²) in [5.41, 5.74) is 9.20. The number of hydrogen-bond acceptors (Lipinski definition) is 0. The van der Waals surface area contributed by atoms with Crippen molar-refractivity contribution in [3.8, 4) is 0 Å². The fraction of sp³-hybridized carbons (Fsp3) is 0.667. The Kier molecular flexibility index (Phi) is 10.4. The van der Waals surface area contributed by atoms with E-state index in [4.69, 9.17) is 0 Å². The van der Waals surface area contributed by atoms with Crippen molar-refractivity contribution in [2.75, 3.05) is 0 Å². The van der Waals surface area contributed by atoms with Gasteiger partial charge in [0.15, 0.2) is 0 Å². The smallest absolute Gasteiger partial charge is 0.263 e. The standard InChI is InChI=1S/2C12H19.Ba/c2*1-6-7-11-8-12(4,5)10(3)9(11)2;/h2*6-7H2,1-5H3;/q2*-1;+2. The van der Waals surface area contributed by atoms with Crippen LogP contribution in [-0.4, -0.2) is 48.9 Å². The second-order valence-electron chi connectivity index (χ2n) is 8.46. The molecule has 2 aliphatic rings. The van der Waals surface area contributed by atoms with Gasteiger partial charge in [0.25, 0.3) is 0 Å². The van der Waals surface area contributed by atoms with Crippen molar-refractivity contribution in [2.45, 2.75) is 94.9 Å². The minimum atomic E-state index is 0. The molecule has 0 unspecified atom stereocenters. The van der Waals surface area contributed by atoms with E-state index in [0.717, 1.165) is 0 Å². The van der Waals surface area contributed by atoms with E-state index in [-0.39, 0.29) is 59.7 Å². The van der Waals surface area contributed by atoms with Crippen molar-refractivity contribution in [2.24, 2.45) is 10.8 Å². The van der Waals surface area contributed by atoms with Crippen LogP contribution >= 0.6 is 0 Å². The summed E-state index contributed by atoms with van der Waals surface area (Å²) in [5.74, 6) is 0. The SMILES string of the molecule is CCCC1=[C-]C(C)(C)C(C)=C1C.CCCC1=[C-]C(C)(C)C(C)=C1C.[Ba+2]. The van der Waals surface area contributed by atoms with Crippen LogP contribution in [0.25, 0.3) is 0 Å². The van der Waals surface area contributed by atoms with Gasteiger partial charge in [-0.2, -0.15) is 22.3 Å². The first-order valence-corrected chi connectivity index (χ1v) is 9.62. The van der Waals surface area contributed by atoms with Crippen LogP contribution in [0.2, 0.25) is 0 Å². The van der Waals surface area contributed by atoms with E-state index in [2.05, 4.69) is 81.4 Å². The van der Waals surface area contributed by atoms with Gasteiger partial charge in [-0.05, 0) is 0 Å². The predicted molar refractivity (Wildman–Crippen MR) is 113 cm³/mol. The van der Waals surface area contributed by atoms with Crippen LogP contribution in [-0.2, 0) is 0 Å². The van der Waals surface area contributed by atoms with Gasteiger partial charge in [-0.3, -0.25) is 12.2 Å². The molecular formula is C24H38Ba. The molecular weight excluding hydrogens is 426 g/mol. The third kappa shape index (κ3) is 6.28. The minimum absolute atomic E-state index is 0. The monoisotopic (exact) mass is 464 g/mol. The quantitative estimate of drug-likeness (QED) is 0.301. The molecule has 0 spiro atoms. The van der Waals surface area contributed by atoms with Crippen molar-refractivity contribution in [3.05, 3.63) is 45.6 Å². The molecule has 2 rings (SSSR count). The van der Waals surface area contributed by atoms with Gasteiger partial charge in [0.2, 0.25) is 0 Å². The van der Waals surface area contributed by atoms with Gasteiger partial charge in [0.05, 0.1) is 0 Å². The maximum atomic E-state index is 3.57. The summed E-state index contributed by atoms with van der Waals surface area (Å²) in [6.45, 7) is 22.3. The molecule has 0 aromatic heterocycles. The third-order valence-electron chi connectivity index (χ3n) is 5.83. The van der Waals surface area contributed by atoms with Gasteiger partial charge in [0.1, 0.15) is 0 Å². The zero-order valence-electron chi connectivity index (χ0n) is 18.5. The number of hydrogen-bond donors (Lipinski definition) is 0. The molecule has 0 fully saturated rings. The molecule has 0 N–H and O–H groups in total. The molecule has 0 aromatic carbocycles. The van der Waals surface area contributed by atoms with E-state index in [9.17, 15) is 0 Å². The van der Waals surface area contributed by atoms with E-state index in [1.54, 1.807) is 0 Å². The normalized spacial score (nSPS) is 20.7. The maximum absolute atomic E-state index is 3.57. The predicted octanol–water partition coefficient (Wildman–Crippen LogP) is 7.40. The zero-order valence-corrected chi connectivity index (χ0v) is 23.0. The van der Waals surface area contributed by atoms with E-state index < -0.39 is 0 Å². The van der Waals surface area contributed by atoms with E-state index in [0.29, 0.717) is 0 Å². The Labute approximate surface area is 198 Å². The summed E-state index contributed by atoms with van der Waals surface area (Å²) < 4.78 is 0. The topological polar surface area (TPSA) is 0 Å². The summed E-state index contributed by atoms with van der Waals surface area (Å²) in [7, 11) is 0. The minimum Gasteiger partial charge on any atom is -0.263 e. The van der Waals surface area contributed by atoms with Crippen molar-refractivity contribution in [1.29, 1.82) is 0 Å². The first kappa shape index (κ1) is 25.5. The Morgan fingerprint density at radius 3 is 1.08 bits per heavy atom. The number of rotatable bonds is 4. The Morgan fingerprint density at radius 2 is 0.920 bits per heavy atom. The fourth-order valence-electron chi connectivity index (χ4n) is 3.52. The molecule has 1 heteroatoms. The van der Waals surface area contributed by atoms with Crippen molar-refractivity contribution >= 4 is 48.9 Å².